The van der Waals surface area contributed by atoms with Gasteiger partial charge < -0.3 is 4.57 Å². The molecule has 0 aliphatic rings. The maximum Gasteiger partial charge on any atom is 0.242 e. The summed E-state index contributed by atoms with van der Waals surface area (Å²) in [5.74, 6) is 0.845. The molecule has 4 aromatic rings. The Kier molecular flexibility index (Phi) is 5.21. The highest BCUT2D eigenvalue weighted by Crippen LogP contribution is 2.20. The highest BCUT2D eigenvalue weighted by atomic mass is 32.2. The van der Waals surface area contributed by atoms with E-state index in [9.17, 15) is 8.42 Å². The van der Waals surface area contributed by atoms with Gasteiger partial charge in [0.15, 0.2) is 0 Å². The number of benzene rings is 2. The van der Waals surface area contributed by atoms with E-state index >= 15 is 0 Å². The number of sulfonamides is 1. The molecule has 0 saturated carbocycles. The molecule has 7 nitrogen and oxygen atoms in total. The van der Waals surface area contributed by atoms with Crippen molar-refractivity contribution in [3.05, 3.63) is 71.8 Å². The van der Waals surface area contributed by atoms with E-state index in [2.05, 4.69) is 35.2 Å². The quantitative estimate of drug-likeness (QED) is 0.503. The maximum absolute atomic E-state index is 12.7. The second-order valence-corrected chi connectivity index (χ2v) is 8.69. The molecule has 2 aromatic carbocycles. The van der Waals surface area contributed by atoms with Gasteiger partial charge in [-0.25, -0.2) is 18.1 Å². The number of nitrogens with zero attached hydrogens (tertiary/aromatic N) is 4. The normalized spacial score (nSPS) is 11.9. The SMILES string of the molecule is Cc1cnc(CCNS(=O)(=O)c2cccc3nsnc23)n1Cc1ccccc1. The van der Waals surface area contributed by atoms with Gasteiger partial charge in [0.2, 0.25) is 10.0 Å². The minimum Gasteiger partial charge on any atom is -0.328 e. The molecule has 0 bridgehead atoms. The molecular weight excluding hydrogens is 394 g/mol. The number of rotatable bonds is 7. The number of aryl methyl sites for hydroxylation is 1. The van der Waals surface area contributed by atoms with E-state index in [-0.39, 0.29) is 11.4 Å². The van der Waals surface area contributed by atoms with E-state index in [1.54, 1.807) is 18.2 Å². The zero-order valence-corrected chi connectivity index (χ0v) is 16.9. The maximum atomic E-state index is 12.7. The zero-order valence-electron chi connectivity index (χ0n) is 15.2. The summed E-state index contributed by atoms with van der Waals surface area (Å²) in [6.07, 6.45) is 2.31. The minimum absolute atomic E-state index is 0.155. The predicted molar refractivity (Wildman–Crippen MR) is 109 cm³/mol. The number of hydrogen-bond acceptors (Lipinski definition) is 6. The summed E-state index contributed by atoms with van der Waals surface area (Å²) >= 11 is 1.00. The number of aromatic nitrogens is 4. The predicted octanol–water partition coefficient (Wildman–Crippen LogP) is 2.77. The highest BCUT2D eigenvalue weighted by molar-refractivity contribution is 7.89. The van der Waals surface area contributed by atoms with Gasteiger partial charge in [0.25, 0.3) is 0 Å². The van der Waals surface area contributed by atoms with Crippen LogP contribution in [0.4, 0.5) is 0 Å². The Balaban J connectivity index is 1.48. The fraction of sp³-hybridized carbons (Fsp3) is 0.211. The molecule has 0 fully saturated rings. The molecular formula is C19H19N5O2S2. The van der Waals surface area contributed by atoms with Crippen LogP contribution in [0.15, 0.2) is 59.6 Å². The number of hydrogen-bond donors (Lipinski definition) is 1. The average Bonchev–Trinajstić information content (AvgIpc) is 3.30. The van der Waals surface area contributed by atoms with Crippen molar-refractivity contribution < 1.29 is 8.42 Å². The Labute approximate surface area is 167 Å². The van der Waals surface area contributed by atoms with Crippen molar-refractivity contribution in [1.29, 1.82) is 0 Å². The van der Waals surface area contributed by atoms with Crippen LogP contribution in [0.5, 0.6) is 0 Å². The second-order valence-electron chi connectivity index (χ2n) is 6.42. The molecule has 0 atom stereocenters. The van der Waals surface area contributed by atoms with Crippen LogP contribution in [0.3, 0.4) is 0 Å². The standard InChI is InChI=1S/C19H19N5O2S2/c1-14-12-20-18(24(14)13-15-6-3-2-4-7-15)10-11-21-28(25,26)17-9-5-8-16-19(17)23-27-22-16/h2-9,12,21H,10-11,13H2,1H3. The monoisotopic (exact) mass is 413 g/mol. The molecule has 0 unspecified atom stereocenters. The molecule has 0 amide bonds. The summed E-state index contributed by atoms with van der Waals surface area (Å²) in [6, 6.07) is 15.1. The Hall–Kier alpha value is -2.62. The van der Waals surface area contributed by atoms with Crippen molar-refractivity contribution >= 4 is 32.8 Å². The van der Waals surface area contributed by atoms with Gasteiger partial charge in [-0.1, -0.05) is 36.4 Å². The van der Waals surface area contributed by atoms with Crippen LogP contribution in [0.25, 0.3) is 11.0 Å². The molecule has 144 valence electrons. The molecule has 0 spiro atoms. The van der Waals surface area contributed by atoms with E-state index in [1.165, 1.54) is 5.56 Å². The van der Waals surface area contributed by atoms with Gasteiger partial charge in [-0.05, 0) is 24.6 Å². The third kappa shape index (κ3) is 3.82. The fourth-order valence-electron chi connectivity index (χ4n) is 3.07. The van der Waals surface area contributed by atoms with Crippen LogP contribution in [-0.4, -0.2) is 33.3 Å². The summed E-state index contributed by atoms with van der Waals surface area (Å²) in [4.78, 5) is 4.61. The van der Waals surface area contributed by atoms with Crippen LogP contribution in [0, 0.1) is 6.92 Å². The molecule has 28 heavy (non-hydrogen) atoms. The Morgan fingerprint density at radius 2 is 1.89 bits per heavy atom. The van der Waals surface area contributed by atoms with Gasteiger partial charge in [0, 0.05) is 31.4 Å². The van der Waals surface area contributed by atoms with Crippen molar-refractivity contribution in [2.75, 3.05) is 6.54 Å². The van der Waals surface area contributed by atoms with Crippen molar-refractivity contribution in [2.24, 2.45) is 0 Å². The number of nitrogens with one attached hydrogen (secondary N) is 1. The molecule has 0 aliphatic heterocycles. The molecule has 0 radical (unpaired) electrons. The van der Waals surface area contributed by atoms with Gasteiger partial charge in [-0.3, -0.25) is 0 Å². The van der Waals surface area contributed by atoms with Crippen LogP contribution in [0.1, 0.15) is 17.1 Å². The lowest BCUT2D eigenvalue weighted by Gasteiger charge is -2.11. The van der Waals surface area contributed by atoms with Crippen molar-refractivity contribution in [3.8, 4) is 0 Å². The van der Waals surface area contributed by atoms with Gasteiger partial charge in [0.1, 0.15) is 21.8 Å². The zero-order chi connectivity index (χ0) is 19.6. The third-order valence-electron chi connectivity index (χ3n) is 4.50. The minimum atomic E-state index is -3.67. The smallest absolute Gasteiger partial charge is 0.242 e. The van der Waals surface area contributed by atoms with Crippen molar-refractivity contribution in [3.63, 3.8) is 0 Å². The average molecular weight is 414 g/mol. The van der Waals surface area contributed by atoms with Crippen molar-refractivity contribution in [2.45, 2.75) is 24.8 Å². The first-order valence-electron chi connectivity index (χ1n) is 8.80. The van der Waals surface area contributed by atoms with Gasteiger partial charge >= 0.3 is 0 Å². The lowest BCUT2D eigenvalue weighted by Crippen LogP contribution is -2.27. The molecule has 2 heterocycles. The largest absolute Gasteiger partial charge is 0.328 e. The van der Waals surface area contributed by atoms with Gasteiger partial charge in [0.05, 0.1) is 11.7 Å². The van der Waals surface area contributed by atoms with E-state index in [0.717, 1.165) is 23.2 Å². The highest BCUT2D eigenvalue weighted by Gasteiger charge is 2.19. The molecule has 0 aliphatic carbocycles. The topological polar surface area (TPSA) is 89.8 Å². The number of imidazole rings is 1. The van der Waals surface area contributed by atoms with Crippen LogP contribution in [-0.2, 0) is 23.0 Å². The summed E-state index contributed by atoms with van der Waals surface area (Å²) in [6.45, 7) is 2.96. The molecule has 0 saturated heterocycles. The first-order valence-corrected chi connectivity index (χ1v) is 11.0. The third-order valence-corrected chi connectivity index (χ3v) is 6.54. The molecule has 4 rings (SSSR count). The second kappa shape index (κ2) is 7.78. The summed E-state index contributed by atoms with van der Waals surface area (Å²) in [7, 11) is -3.67. The summed E-state index contributed by atoms with van der Waals surface area (Å²) in [5.41, 5.74) is 3.21. The Morgan fingerprint density at radius 1 is 1.07 bits per heavy atom. The molecule has 2 aromatic heterocycles. The Bertz CT molecular complexity index is 1200. The van der Waals surface area contributed by atoms with E-state index in [4.69, 9.17) is 0 Å². The first-order chi connectivity index (χ1) is 13.5. The summed E-state index contributed by atoms with van der Waals surface area (Å²) < 4.78 is 38.4. The molecule has 9 heteroatoms. The van der Waals surface area contributed by atoms with Gasteiger partial charge in [-0.2, -0.15) is 8.75 Å². The van der Waals surface area contributed by atoms with Crippen LogP contribution >= 0.6 is 11.7 Å². The van der Waals surface area contributed by atoms with E-state index < -0.39 is 10.0 Å². The summed E-state index contributed by atoms with van der Waals surface area (Å²) in [5, 5.41) is 0. The van der Waals surface area contributed by atoms with Crippen LogP contribution < -0.4 is 4.72 Å². The van der Waals surface area contributed by atoms with Crippen molar-refractivity contribution in [1.82, 2.24) is 23.0 Å². The fourth-order valence-corrected chi connectivity index (χ4v) is 4.86. The first kappa shape index (κ1) is 18.7. The number of fused-ring (bicyclic) bond motifs is 1. The van der Waals surface area contributed by atoms with E-state index in [1.807, 2.05) is 31.3 Å². The van der Waals surface area contributed by atoms with Gasteiger partial charge in [-0.15, -0.1) is 0 Å². The molecule has 1 N–H and O–H groups in total. The van der Waals surface area contributed by atoms with Crippen LogP contribution in [0.2, 0.25) is 0 Å². The lowest BCUT2D eigenvalue weighted by atomic mass is 10.2. The Morgan fingerprint density at radius 3 is 2.71 bits per heavy atom. The lowest BCUT2D eigenvalue weighted by molar-refractivity contribution is 0.580. The van der Waals surface area contributed by atoms with E-state index in [0.29, 0.717) is 24.0 Å².